The van der Waals surface area contributed by atoms with Crippen molar-refractivity contribution in [1.29, 1.82) is 0 Å². The van der Waals surface area contributed by atoms with E-state index in [0.717, 1.165) is 30.1 Å². The first-order valence-corrected chi connectivity index (χ1v) is 10.2. The van der Waals surface area contributed by atoms with Crippen LogP contribution in [0, 0.1) is 13.8 Å². The van der Waals surface area contributed by atoms with Crippen molar-refractivity contribution in [2.45, 2.75) is 51.7 Å². The van der Waals surface area contributed by atoms with Crippen LogP contribution in [0.4, 0.5) is 11.4 Å². The van der Waals surface area contributed by atoms with E-state index in [0.29, 0.717) is 11.7 Å². The molecule has 1 fully saturated rings. The summed E-state index contributed by atoms with van der Waals surface area (Å²) in [4.78, 5) is 7.10. The van der Waals surface area contributed by atoms with Gasteiger partial charge in [0.1, 0.15) is 11.4 Å². The van der Waals surface area contributed by atoms with E-state index in [-0.39, 0.29) is 11.1 Å². The summed E-state index contributed by atoms with van der Waals surface area (Å²) in [5, 5.41) is 4.23. The molecule has 1 unspecified atom stereocenters. The molecule has 0 aromatic heterocycles. The Balaban J connectivity index is 1.80. The molecule has 4 nitrogen and oxygen atoms in total. The van der Waals surface area contributed by atoms with Gasteiger partial charge in [0.15, 0.2) is 0 Å². The zero-order valence-corrected chi connectivity index (χ0v) is 17.8. The zero-order chi connectivity index (χ0) is 19.9. The van der Waals surface area contributed by atoms with Crippen LogP contribution in [-0.4, -0.2) is 28.7 Å². The molecule has 2 aliphatic rings. The Morgan fingerprint density at radius 1 is 1.11 bits per heavy atom. The minimum absolute atomic E-state index is 0.255. The van der Waals surface area contributed by atoms with Gasteiger partial charge in [-0.25, -0.2) is 4.99 Å². The molecule has 4 rings (SSSR count). The molecule has 2 aliphatic heterocycles. The van der Waals surface area contributed by atoms with Crippen LogP contribution in [0.15, 0.2) is 53.5 Å². The lowest BCUT2D eigenvalue weighted by atomic mass is 9.79. The summed E-state index contributed by atoms with van der Waals surface area (Å²) in [7, 11) is 0. The van der Waals surface area contributed by atoms with Crippen molar-refractivity contribution in [1.82, 2.24) is 0 Å². The predicted molar refractivity (Wildman–Crippen MR) is 120 cm³/mol. The van der Waals surface area contributed by atoms with E-state index >= 15 is 0 Å². The van der Waals surface area contributed by atoms with Crippen molar-refractivity contribution in [2.75, 3.05) is 16.8 Å². The van der Waals surface area contributed by atoms with Gasteiger partial charge in [-0.05, 0) is 69.2 Å². The van der Waals surface area contributed by atoms with Crippen molar-refractivity contribution in [2.24, 2.45) is 4.99 Å². The third kappa shape index (κ3) is 3.33. The molecule has 28 heavy (non-hydrogen) atoms. The van der Waals surface area contributed by atoms with E-state index in [9.17, 15) is 0 Å². The summed E-state index contributed by atoms with van der Waals surface area (Å²) < 4.78 is 6.06. The number of anilines is 2. The highest BCUT2D eigenvalue weighted by atomic mass is 32.1. The highest BCUT2D eigenvalue weighted by Crippen LogP contribution is 2.44. The first-order valence-electron chi connectivity index (χ1n) is 9.77. The maximum absolute atomic E-state index is 6.06. The van der Waals surface area contributed by atoms with Gasteiger partial charge in [-0.3, -0.25) is 0 Å². The highest BCUT2D eigenvalue weighted by molar-refractivity contribution is 7.80. The number of thiocarbonyl (C=S) groups is 1. The minimum atomic E-state index is -0.338. The summed E-state index contributed by atoms with van der Waals surface area (Å²) in [6, 6.07) is 16.8. The zero-order valence-electron chi connectivity index (χ0n) is 17.0. The van der Waals surface area contributed by atoms with Crippen molar-refractivity contribution < 1.29 is 4.74 Å². The molecule has 2 aromatic carbocycles. The third-order valence-electron chi connectivity index (χ3n) is 5.65. The number of hydrogen-bond donors (Lipinski definition) is 1. The largest absolute Gasteiger partial charge is 0.375 e. The number of aryl methyl sites for hydroxylation is 2. The molecule has 2 heterocycles. The van der Waals surface area contributed by atoms with Gasteiger partial charge >= 0.3 is 0 Å². The second-order valence-electron chi connectivity index (χ2n) is 8.42. The van der Waals surface area contributed by atoms with Crippen LogP contribution in [-0.2, 0) is 4.74 Å². The van der Waals surface area contributed by atoms with Gasteiger partial charge in [0.25, 0.3) is 0 Å². The number of para-hydroxylation sites is 1. The molecule has 0 aliphatic carbocycles. The smallest absolute Gasteiger partial charge is 0.202 e. The summed E-state index contributed by atoms with van der Waals surface area (Å²) in [5.74, 6) is 0.921. The maximum atomic E-state index is 6.06. The molecule has 1 saturated heterocycles. The van der Waals surface area contributed by atoms with Crippen LogP contribution in [0.25, 0.3) is 0 Å². The number of amidine groups is 1. The van der Waals surface area contributed by atoms with E-state index in [4.69, 9.17) is 21.9 Å². The molecule has 5 heteroatoms. The summed E-state index contributed by atoms with van der Waals surface area (Å²) >= 11 is 5.78. The molecule has 0 radical (unpaired) electrons. The van der Waals surface area contributed by atoms with Crippen LogP contribution in [0.5, 0.6) is 0 Å². The Hall–Kier alpha value is -2.24. The third-order valence-corrected chi connectivity index (χ3v) is 5.93. The lowest BCUT2D eigenvalue weighted by Gasteiger charge is -2.48. The molecular weight excluding hydrogens is 366 g/mol. The Morgan fingerprint density at radius 3 is 2.61 bits per heavy atom. The molecule has 1 N–H and O–H groups in total. The predicted octanol–water partition coefficient (Wildman–Crippen LogP) is 5.25. The number of hydrogen-bond acceptors (Lipinski definition) is 3. The molecule has 0 saturated carbocycles. The van der Waals surface area contributed by atoms with Crippen LogP contribution in [0.2, 0.25) is 0 Å². The fourth-order valence-corrected chi connectivity index (χ4v) is 4.75. The lowest BCUT2D eigenvalue weighted by molar-refractivity contribution is -0.0661. The van der Waals surface area contributed by atoms with Gasteiger partial charge in [-0.1, -0.05) is 30.3 Å². The van der Waals surface area contributed by atoms with Crippen LogP contribution < -0.4 is 10.2 Å². The van der Waals surface area contributed by atoms with Gasteiger partial charge in [0, 0.05) is 30.8 Å². The van der Waals surface area contributed by atoms with E-state index in [1.807, 2.05) is 12.1 Å². The van der Waals surface area contributed by atoms with Gasteiger partial charge in [-0.15, -0.1) is 0 Å². The maximum Gasteiger partial charge on any atom is 0.202 e. The molecule has 0 bridgehead atoms. The van der Waals surface area contributed by atoms with Crippen molar-refractivity contribution >= 4 is 34.5 Å². The fraction of sp³-hybridized carbons (Fsp3) is 0.391. The second kappa shape index (κ2) is 6.98. The molecule has 2 aromatic rings. The minimum Gasteiger partial charge on any atom is -0.375 e. The van der Waals surface area contributed by atoms with E-state index in [2.05, 4.69) is 74.3 Å². The van der Waals surface area contributed by atoms with Gasteiger partial charge in [0.05, 0.1) is 5.60 Å². The first-order chi connectivity index (χ1) is 13.3. The number of nitrogens with one attached hydrogen (secondary N) is 1. The Kier molecular flexibility index (Phi) is 4.76. The van der Waals surface area contributed by atoms with Crippen molar-refractivity contribution in [3.05, 3.63) is 59.7 Å². The second-order valence-corrected chi connectivity index (χ2v) is 8.79. The van der Waals surface area contributed by atoms with E-state index in [1.165, 1.54) is 11.1 Å². The van der Waals surface area contributed by atoms with Crippen molar-refractivity contribution in [3.8, 4) is 0 Å². The first kappa shape index (κ1) is 19.1. The summed E-state index contributed by atoms with van der Waals surface area (Å²) in [5.41, 5.74) is 3.96. The van der Waals surface area contributed by atoms with Gasteiger partial charge < -0.3 is 15.0 Å². The Labute approximate surface area is 172 Å². The molecule has 146 valence electrons. The van der Waals surface area contributed by atoms with Crippen LogP contribution in [0.3, 0.4) is 0 Å². The van der Waals surface area contributed by atoms with Gasteiger partial charge in [-0.2, -0.15) is 0 Å². The average molecular weight is 394 g/mol. The lowest BCUT2D eigenvalue weighted by Crippen LogP contribution is -2.60. The quantitative estimate of drug-likeness (QED) is 0.708. The number of ether oxygens (including phenoxy) is 1. The molecule has 1 atom stereocenters. The Bertz CT molecular complexity index is 952. The number of benzene rings is 2. The standard InChI is InChI=1S/C23H27N3OS/c1-16-8-7-10-18(14-16)26-21(28)25-20(24-19-11-6-5-9-17(19)2)23(26)12-13-27-22(3,4)15-23/h5-11,14H,12-13,15H2,1-4H3,(H,24,25,28). The van der Waals surface area contributed by atoms with E-state index < -0.39 is 0 Å². The molecule has 1 spiro atoms. The fourth-order valence-electron chi connectivity index (χ4n) is 4.38. The number of rotatable bonds is 2. The summed E-state index contributed by atoms with van der Waals surface area (Å²) in [6.45, 7) is 9.18. The monoisotopic (exact) mass is 393 g/mol. The molecular formula is C23H27N3OS. The van der Waals surface area contributed by atoms with E-state index in [1.54, 1.807) is 0 Å². The number of aliphatic imine (C=N–C) groups is 1. The van der Waals surface area contributed by atoms with Crippen molar-refractivity contribution in [3.63, 3.8) is 0 Å². The normalized spacial score (nSPS) is 23.8. The summed E-state index contributed by atoms with van der Waals surface area (Å²) in [6.07, 6.45) is 1.65. The van der Waals surface area contributed by atoms with Gasteiger partial charge in [0.2, 0.25) is 5.11 Å². The Morgan fingerprint density at radius 2 is 1.89 bits per heavy atom. The molecule has 0 amide bonds. The SMILES string of the molecule is Cc1cccc(N2C(=S)N=C(Nc3ccccc3C)C23CCOC(C)(C)C3)c1. The van der Waals surface area contributed by atoms with Crippen LogP contribution >= 0.6 is 12.2 Å². The van der Waals surface area contributed by atoms with Crippen LogP contribution in [0.1, 0.15) is 37.8 Å². The number of nitrogens with zero attached hydrogens (tertiary/aromatic N) is 2. The average Bonchev–Trinajstić information content (AvgIpc) is 2.86. The topological polar surface area (TPSA) is 36.9 Å². The highest BCUT2D eigenvalue weighted by Gasteiger charge is 2.53.